The number of non-ortho nitro benzene ring substituents is 1. The number of nitro benzene ring substituents is 1. The molecule has 1 N–H and O–H groups in total. The molecule has 1 amide bonds. The lowest BCUT2D eigenvalue weighted by Crippen LogP contribution is -2.23. The molecule has 0 saturated carbocycles. The summed E-state index contributed by atoms with van der Waals surface area (Å²) >= 11 is 0. The maximum Gasteiger partial charge on any atom is 0.270 e. The van der Waals surface area contributed by atoms with Crippen molar-refractivity contribution < 1.29 is 14.5 Å². The summed E-state index contributed by atoms with van der Waals surface area (Å²) in [5, 5.41) is 13.3. The van der Waals surface area contributed by atoms with Crippen molar-refractivity contribution in [2.75, 3.05) is 19.8 Å². The van der Waals surface area contributed by atoms with Crippen LogP contribution in [0.5, 0.6) is 0 Å². The van der Waals surface area contributed by atoms with Crippen LogP contribution in [0.1, 0.15) is 18.9 Å². The van der Waals surface area contributed by atoms with Crippen LogP contribution < -0.4 is 5.32 Å². The van der Waals surface area contributed by atoms with Crippen molar-refractivity contribution in [3.63, 3.8) is 0 Å². The molecule has 0 aliphatic carbocycles. The number of ether oxygens (including phenoxy) is 1. The van der Waals surface area contributed by atoms with Gasteiger partial charge in [-0.25, -0.2) is 0 Å². The maximum atomic E-state index is 11.5. The van der Waals surface area contributed by atoms with Gasteiger partial charge in [0.2, 0.25) is 5.91 Å². The summed E-state index contributed by atoms with van der Waals surface area (Å²) in [6.45, 7) is 3.74. The quantitative estimate of drug-likeness (QED) is 0.342. The molecular weight excluding hydrogens is 260 g/mol. The second kappa shape index (κ2) is 8.82. The number of nitrogens with zero attached hydrogens (tertiary/aromatic N) is 1. The minimum Gasteiger partial charge on any atom is -0.382 e. The van der Waals surface area contributed by atoms with E-state index in [9.17, 15) is 14.9 Å². The summed E-state index contributed by atoms with van der Waals surface area (Å²) < 4.78 is 5.15. The Kier molecular flexibility index (Phi) is 6.99. The van der Waals surface area contributed by atoms with Crippen molar-refractivity contribution >= 4 is 17.7 Å². The smallest absolute Gasteiger partial charge is 0.270 e. The third-order valence-electron chi connectivity index (χ3n) is 2.48. The van der Waals surface area contributed by atoms with Gasteiger partial charge in [-0.2, -0.15) is 0 Å². The SMILES string of the molecule is CCOCCCNC(=O)C=Cc1cccc([N+](=O)[O-])c1. The number of rotatable bonds is 8. The van der Waals surface area contributed by atoms with Gasteiger partial charge in [-0.15, -0.1) is 0 Å². The number of carbonyl (C=O) groups is 1. The molecular formula is C14H18N2O4. The van der Waals surface area contributed by atoms with Crippen molar-refractivity contribution in [3.8, 4) is 0 Å². The van der Waals surface area contributed by atoms with E-state index in [1.54, 1.807) is 18.2 Å². The Morgan fingerprint density at radius 2 is 2.30 bits per heavy atom. The Balaban J connectivity index is 2.41. The van der Waals surface area contributed by atoms with Crippen molar-refractivity contribution in [3.05, 3.63) is 46.0 Å². The van der Waals surface area contributed by atoms with Crippen LogP contribution in [0.25, 0.3) is 6.08 Å². The van der Waals surface area contributed by atoms with Crippen LogP contribution in [-0.2, 0) is 9.53 Å². The zero-order valence-corrected chi connectivity index (χ0v) is 11.4. The van der Waals surface area contributed by atoms with E-state index in [0.29, 0.717) is 25.3 Å². The average molecular weight is 278 g/mol. The Morgan fingerprint density at radius 1 is 1.50 bits per heavy atom. The fourth-order valence-electron chi connectivity index (χ4n) is 1.50. The van der Waals surface area contributed by atoms with Gasteiger partial charge in [-0.1, -0.05) is 12.1 Å². The minimum atomic E-state index is -0.467. The number of hydrogen-bond donors (Lipinski definition) is 1. The number of benzene rings is 1. The van der Waals surface area contributed by atoms with E-state index < -0.39 is 4.92 Å². The number of nitro groups is 1. The summed E-state index contributed by atoms with van der Waals surface area (Å²) in [6, 6.07) is 6.10. The van der Waals surface area contributed by atoms with E-state index in [2.05, 4.69) is 5.32 Å². The number of hydrogen-bond acceptors (Lipinski definition) is 4. The molecule has 0 saturated heterocycles. The van der Waals surface area contributed by atoms with Crippen LogP contribution in [0.15, 0.2) is 30.3 Å². The van der Waals surface area contributed by atoms with E-state index in [-0.39, 0.29) is 11.6 Å². The van der Waals surface area contributed by atoms with Crippen molar-refractivity contribution in [2.45, 2.75) is 13.3 Å². The molecule has 0 heterocycles. The van der Waals surface area contributed by atoms with Crippen molar-refractivity contribution in [1.82, 2.24) is 5.32 Å². The summed E-state index contributed by atoms with van der Waals surface area (Å²) in [6.07, 6.45) is 3.66. The van der Waals surface area contributed by atoms with E-state index in [0.717, 1.165) is 6.42 Å². The molecule has 1 aromatic rings. The first-order valence-electron chi connectivity index (χ1n) is 6.41. The molecule has 0 aliphatic heterocycles. The molecule has 108 valence electrons. The van der Waals surface area contributed by atoms with Crippen LogP contribution in [0.4, 0.5) is 5.69 Å². The Morgan fingerprint density at radius 3 is 3.00 bits per heavy atom. The van der Waals surface area contributed by atoms with Crippen LogP contribution in [0.3, 0.4) is 0 Å². The fraction of sp³-hybridized carbons (Fsp3) is 0.357. The van der Waals surface area contributed by atoms with Crippen LogP contribution in [0.2, 0.25) is 0 Å². The zero-order valence-electron chi connectivity index (χ0n) is 11.4. The highest BCUT2D eigenvalue weighted by Gasteiger charge is 2.03. The van der Waals surface area contributed by atoms with Gasteiger partial charge >= 0.3 is 0 Å². The lowest BCUT2D eigenvalue weighted by molar-refractivity contribution is -0.384. The zero-order chi connectivity index (χ0) is 14.8. The minimum absolute atomic E-state index is 0.00396. The highest BCUT2D eigenvalue weighted by molar-refractivity contribution is 5.91. The predicted octanol–water partition coefficient (Wildman–Crippen LogP) is 2.15. The van der Waals surface area contributed by atoms with Gasteiger partial charge in [0.05, 0.1) is 4.92 Å². The third-order valence-corrected chi connectivity index (χ3v) is 2.48. The molecule has 0 radical (unpaired) electrons. The Labute approximate surface area is 117 Å². The number of carbonyl (C=O) groups excluding carboxylic acids is 1. The molecule has 0 aromatic heterocycles. The summed E-state index contributed by atoms with van der Waals surface area (Å²) in [4.78, 5) is 21.6. The second-order valence-electron chi connectivity index (χ2n) is 4.03. The first kappa shape index (κ1) is 15.8. The van der Waals surface area contributed by atoms with Gasteiger partial charge in [0.25, 0.3) is 5.69 Å². The summed E-state index contributed by atoms with van der Waals surface area (Å²) in [5.74, 6) is -0.229. The maximum absolute atomic E-state index is 11.5. The number of nitrogens with one attached hydrogen (secondary N) is 1. The van der Waals surface area contributed by atoms with Gasteiger partial charge in [-0.3, -0.25) is 14.9 Å². The van der Waals surface area contributed by atoms with Gasteiger partial charge < -0.3 is 10.1 Å². The molecule has 0 unspecified atom stereocenters. The highest BCUT2D eigenvalue weighted by atomic mass is 16.6. The topological polar surface area (TPSA) is 81.5 Å². The molecule has 20 heavy (non-hydrogen) atoms. The normalized spacial score (nSPS) is 10.7. The largest absolute Gasteiger partial charge is 0.382 e. The Bertz CT molecular complexity index is 486. The molecule has 1 rings (SSSR count). The first-order chi connectivity index (χ1) is 9.63. The van der Waals surface area contributed by atoms with E-state index in [4.69, 9.17) is 4.74 Å². The monoisotopic (exact) mass is 278 g/mol. The van der Waals surface area contributed by atoms with E-state index in [1.807, 2.05) is 6.92 Å². The molecule has 0 bridgehead atoms. The lowest BCUT2D eigenvalue weighted by atomic mass is 10.2. The van der Waals surface area contributed by atoms with Crippen molar-refractivity contribution in [2.24, 2.45) is 0 Å². The first-order valence-corrected chi connectivity index (χ1v) is 6.41. The van der Waals surface area contributed by atoms with Crippen molar-refractivity contribution in [1.29, 1.82) is 0 Å². The van der Waals surface area contributed by atoms with Gasteiger partial charge in [0.15, 0.2) is 0 Å². The third kappa shape index (κ3) is 6.10. The van der Waals surface area contributed by atoms with Crippen LogP contribution >= 0.6 is 0 Å². The van der Waals surface area contributed by atoms with Crippen LogP contribution in [0, 0.1) is 10.1 Å². The van der Waals surface area contributed by atoms with Crippen LogP contribution in [-0.4, -0.2) is 30.6 Å². The van der Waals surface area contributed by atoms with Gasteiger partial charge in [-0.05, 0) is 25.0 Å². The molecule has 0 aliphatic rings. The predicted molar refractivity (Wildman–Crippen MR) is 76.3 cm³/mol. The van der Waals surface area contributed by atoms with Gasteiger partial charge in [0.1, 0.15) is 0 Å². The summed E-state index contributed by atoms with van der Waals surface area (Å²) in [5.41, 5.74) is 0.618. The Hall–Kier alpha value is -2.21. The van der Waals surface area contributed by atoms with E-state index in [1.165, 1.54) is 18.2 Å². The molecule has 1 aromatic carbocycles. The van der Waals surface area contributed by atoms with Gasteiger partial charge in [0, 0.05) is 38.0 Å². The lowest BCUT2D eigenvalue weighted by Gasteiger charge is -2.02. The fourth-order valence-corrected chi connectivity index (χ4v) is 1.50. The molecule has 6 nitrogen and oxygen atoms in total. The van der Waals surface area contributed by atoms with E-state index >= 15 is 0 Å². The molecule has 0 atom stereocenters. The highest BCUT2D eigenvalue weighted by Crippen LogP contribution is 2.13. The standard InChI is InChI=1S/C14H18N2O4/c1-2-20-10-4-9-15-14(17)8-7-12-5-3-6-13(11-12)16(18)19/h3,5-8,11H,2,4,9-10H2,1H3,(H,15,17). The number of amides is 1. The second-order valence-corrected chi connectivity index (χ2v) is 4.03. The molecule has 6 heteroatoms. The molecule has 0 spiro atoms. The molecule has 0 fully saturated rings. The average Bonchev–Trinajstić information content (AvgIpc) is 2.45. The summed E-state index contributed by atoms with van der Waals surface area (Å²) in [7, 11) is 0.